The fourth-order valence-electron chi connectivity index (χ4n) is 2.31. The molecule has 1 aromatic heterocycles. The monoisotopic (exact) mass is 351 g/mol. The number of amides is 1. The first-order valence-electron chi connectivity index (χ1n) is 8.65. The van der Waals surface area contributed by atoms with E-state index in [1.165, 1.54) is 0 Å². The van der Waals surface area contributed by atoms with Crippen LogP contribution in [0.2, 0.25) is 0 Å². The maximum Gasteiger partial charge on any atom is 0.498 e. The van der Waals surface area contributed by atoms with Gasteiger partial charge in [0.1, 0.15) is 6.61 Å². The summed E-state index contributed by atoms with van der Waals surface area (Å²) in [6.07, 6.45) is 3.17. The molecule has 1 amide bonds. The molecule has 2 rings (SSSR count). The van der Waals surface area contributed by atoms with Crippen molar-refractivity contribution in [1.82, 2.24) is 15.1 Å². The number of hydrogen-bond donors (Lipinski definition) is 1. The van der Waals surface area contributed by atoms with Crippen LogP contribution in [-0.2, 0) is 14.0 Å². The minimum Gasteiger partial charge on any atom is -0.447 e. The van der Waals surface area contributed by atoms with Crippen LogP contribution < -0.4 is 10.8 Å². The van der Waals surface area contributed by atoms with E-state index in [4.69, 9.17) is 14.0 Å². The molecule has 1 fully saturated rings. The molecule has 1 N–H and O–H groups in total. The lowest BCUT2D eigenvalue weighted by Crippen LogP contribution is -2.41. The van der Waals surface area contributed by atoms with E-state index in [0.717, 1.165) is 5.46 Å². The third-order valence-corrected chi connectivity index (χ3v) is 4.53. The van der Waals surface area contributed by atoms with Gasteiger partial charge in [-0.1, -0.05) is 0 Å². The van der Waals surface area contributed by atoms with Crippen LogP contribution in [0.4, 0.5) is 4.79 Å². The number of nitrogens with one attached hydrogen (secondary N) is 1. The molecule has 1 aliphatic rings. The Kier molecular flexibility index (Phi) is 5.26. The summed E-state index contributed by atoms with van der Waals surface area (Å²) >= 11 is 0. The number of hydrogen-bond acceptors (Lipinski definition) is 5. The minimum atomic E-state index is -0.448. The molecule has 1 atom stereocenters. The number of alkyl carbamates (subject to hydrolysis) is 1. The molecule has 0 saturated carbocycles. The highest BCUT2D eigenvalue weighted by Gasteiger charge is 2.52. The van der Waals surface area contributed by atoms with E-state index in [2.05, 4.69) is 10.4 Å². The van der Waals surface area contributed by atoms with E-state index < -0.39 is 13.2 Å². The topological polar surface area (TPSA) is 74.6 Å². The molecule has 0 radical (unpaired) electrons. The largest absolute Gasteiger partial charge is 0.498 e. The van der Waals surface area contributed by atoms with Crippen molar-refractivity contribution in [3.05, 3.63) is 12.4 Å². The second-order valence-electron chi connectivity index (χ2n) is 8.66. The molecule has 1 unspecified atom stereocenters. The first kappa shape index (κ1) is 19.8. The molecule has 1 aliphatic heterocycles. The molecule has 7 nitrogen and oxygen atoms in total. The maximum atomic E-state index is 11.7. The van der Waals surface area contributed by atoms with E-state index in [9.17, 15) is 4.79 Å². The normalized spacial score (nSPS) is 20.4. The van der Waals surface area contributed by atoms with Gasteiger partial charge in [0.25, 0.3) is 0 Å². The Labute approximate surface area is 150 Å². The highest BCUT2D eigenvalue weighted by atomic mass is 16.7. The number of carbonyl (C=O) groups excluding carboxylic acids is 1. The van der Waals surface area contributed by atoms with Gasteiger partial charge < -0.3 is 19.4 Å². The summed E-state index contributed by atoms with van der Waals surface area (Å²) in [6.45, 7) is 15.9. The zero-order valence-corrected chi connectivity index (χ0v) is 16.5. The quantitative estimate of drug-likeness (QED) is 0.843. The van der Waals surface area contributed by atoms with Gasteiger partial charge in [-0.2, -0.15) is 5.10 Å². The average molecular weight is 351 g/mol. The van der Waals surface area contributed by atoms with Crippen molar-refractivity contribution in [2.45, 2.75) is 78.2 Å². The van der Waals surface area contributed by atoms with Crippen molar-refractivity contribution >= 4 is 18.7 Å². The number of rotatable bonds is 4. The lowest BCUT2D eigenvalue weighted by Gasteiger charge is -2.32. The van der Waals surface area contributed by atoms with Crippen molar-refractivity contribution in [2.24, 2.45) is 0 Å². The van der Waals surface area contributed by atoms with Crippen LogP contribution in [0.15, 0.2) is 12.4 Å². The average Bonchev–Trinajstić information content (AvgIpc) is 2.98. The Morgan fingerprint density at radius 2 is 1.88 bits per heavy atom. The Bertz CT molecular complexity index is 606. The van der Waals surface area contributed by atoms with E-state index >= 15 is 0 Å². The number of carbonyl (C=O) groups is 1. The summed E-state index contributed by atoms with van der Waals surface area (Å²) in [5.74, 6) is 0. The first-order valence-corrected chi connectivity index (χ1v) is 8.65. The third kappa shape index (κ3) is 4.76. The fraction of sp³-hybridized carbons (Fsp3) is 0.765. The third-order valence-electron chi connectivity index (χ3n) is 4.53. The molecule has 0 bridgehead atoms. The molecular formula is C17H30BN3O4. The van der Waals surface area contributed by atoms with Crippen LogP contribution in [-0.4, -0.2) is 46.3 Å². The maximum absolute atomic E-state index is 11.7. The Hall–Kier alpha value is -1.54. The standard InChI is InChI=1S/C17H30BN3O4/c1-12(11-23-14(22)20-15(2,3)4)21-10-13(9-19-21)18-24-16(5,6)17(7,8)25-18/h9-10,12H,11H2,1-8H3,(H,20,22). The SMILES string of the molecule is CC(COC(=O)NC(C)(C)C)n1cc(B2OC(C)(C)C(C)(C)O2)cn1. The van der Waals surface area contributed by atoms with Crippen LogP contribution in [0.3, 0.4) is 0 Å². The predicted molar refractivity (Wildman–Crippen MR) is 96.9 cm³/mol. The van der Waals surface area contributed by atoms with Crippen LogP contribution in [0.5, 0.6) is 0 Å². The van der Waals surface area contributed by atoms with Gasteiger partial charge in [-0.3, -0.25) is 4.68 Å². The van der Waals surface area contributed by atoms with Crippen molar-refractivity contribution in [1.29, 1.82) is 0 Å². The van der Waals surface area contributed by atoms with Crippen LogP contribution in [0, 0.1) is 0 Å². The molecule has 8 heteroatoms. The van der Waals surface area contributed by atoms with Gasteiger partial charge in [0, 0.05) is 23.4 Å². The van der Waals surface area contributed by atoms with Gasteiger partial charge in [0.05, 0.1) is 17.2 Å². The zero-order chi connectivity index (χ0) is 19.0. The van der Waals surface area contributed by atoms with E-state index in [0.29, 0.717) is 0 Å². The van der Waals surface area contributed by atoms with Crippen LogP contribution in [0.1, 0.15) is 61.4 Å². The molecule has 140 valence electrons. The van der Waals surface area contributed by atoms with Crippen molar-refractivity contribution in [3.8, 4) is 0 Å². The van der Waals surface area contributed by atoms with Gasteiger partial charge >= 0.3 is 13.2 Å². The number of ether oxygens (including phenoxy) is 1. The van der Waals surface area contributed by atoms with E-state index in [1.807, 2.05) is 61.6 Å². The molecule has 1 aromatic rings. The van der Waals surface area contributed by atoms with Crippen molar-refractivity contribution in [2.75, 3.05) is 6.61 Å². The van der Waals surface area contributed by atoms with Gasteiger partial charge in [-0.25, -0.2) is 4.79 Å². The lowest BCUT2D eigenvalue weighted by atomic mass is 9.82. The molecule has 0 aliphatic carbocycles. The smallest absolute Gasteiger partial charge is 0.447 e. The van der Waals surface area contributed by atoms with E-state index in [1.54, 1.807) is 10.9 Å². The Morgan fingerprint density at radius 3 is 2.40 bits per heavy atom. The van der Waals surface area contributed by atoms with Crippen molar-refractivity contribution < 1.29 is 18.8 Å². The van der Waals surface area contributed by atoms with Gasteiger partial charge in [0.15, 0.2) is 0 Å². The van der Waals surface area contributed by atoms with Crippen molar-refractivity contribution in [3.63, 3.8) is 0 Å². The van der Waals surface area contributed by atoms with E-state index in [-0.39, 0.29) is 29.4 Å². The zero-order valence-electron chi connectivity index (χ0n) is 16.5. The van der Waals surface area contributed by atoms with Crippen LogP contribution in [0.25, 0.3) is 0 Å². The van der Waals surface area contributed by atoms with Gasteiger partial charge in [0.2, 0.25) is 0 Å². The highest BCUT2D eigenvalue weighted by Crippen LogP contribution is 2.36. The summed E-state index contributed by atoms with van der Waals surface area (Å²) in [5.41, 5.74) is -0.251. The number of aromatic nitrogens is 2. The lowest BCUT2D eigenvalue weighted by molar-refractivity contribution is 0.00578. The van der Waals surface area contributed by atoms with Gasteiger partial charge in [-0.15, -0.1) is 0 Å². The summed E-state index contributed by atoms with van der Waals surface area (Å²) in [6, 6.07) is -0.0955. The fourth-order valence-corrected chi connectivity index (χ4v) is 2.31. The summed E-state index contributed by atoms with van der Waals surface area (Å²) in [5, 5.41) is 7.12. The summed E-state index contributed by atoms with van der Waals surface area (Å²) in [4.78, 5) is 11.7. The predicted octanol–water partition coefficient (Wildman–Crippen LogP) is 2.27. The van der Waals surface area contributed by atoms with Gasteiger partial charge in [-0.05, 0) is 55.4 Å². The summed E-state index contributed by atoms with van der Waals surface area (Å²) < 4.78 is 19.1. The molecular weight excluding hydrogens is 321 g/mol. The molecule has 25 heavy (non-hydrogen) atoms. The van der Waals surface area contributed by atoms with Crippen LogP contribution >= 0.6 is 0 Å². The summed E-state index contributed by atoms with van der Waals surface area (Å²) in [7, 11) is -0.448. The number of nitrogens with zero attached hydrogens (tertiary/aromatic N) is 2. The molecule has 1 saturated heterocycles. The highest BCUT2D eigenvalue weighted by molar-refractivity contribution is 6.62. The first-order chi connectivity index (χ1) is 11.3. The molecule has 0 aromatic carbocycles. The molecule has 2 heterocycles. The minimum absolute atomic E-state index is 0.0955. The second kappa shape index (κ2) is 6.65. The molecule has 0 spiro atoms. The second-order valence-corrected chi connectivity index (χ2v) is 8.66. The Balaban J connectivity index is 1.94. The Morgan fingerprint density at radius 1 is 1.32 bits per heavy atom.